The summed E-state index contributed by atoms with van der Waals surface area (Å²) >= 11 is 0. The average molecular weight is 160 g/mol. The predicted octanol–water partition coefficient (Wildman–Crippen LogP) is 0.160. The molecule has 0 heterocycles. The third-order valence-corrected chi connectivity index (χ3v) is 1.67. The summed E-state index contributed by atoms with van der Waals surface area (Å²) in [5.74, 6) is 0.270. The average Bonchev–Trinajstić information content (AvgIpc) is 2.00. The Morgan fingerprint density at radius 3 is 2.55 bits per heavy atom. The second-order valence-electron chi connectivity index (χ2n) is 2.93. The van der Waals surface area contributed by atoms with Crippen molar-refractivity contribution in [2.24, 2.45) is 5.92 Å². The van der Waals surface area contributed by atoms with Crippen molar-refractivity contribution in [3.8, 4) is 0 Å². The lowest BCUT2D eigenvalue weighted by atomic mass is 10.1. The van der Waals surface area contributed by atoms with Crippen LogP contribution in [0.25, 0.3) is 0 Å². The molecule has 0 aliphatic carbocycles. The molecule has 0 bridgehead atoms. The van der Waals surface area contributed by atoms with Crippen molar-refractivity contribution in [2.75, 3.05) is 20.1 Å². The van der Waals surface area contributed by atoms with Crippen LogP contribution in [0.15, 0.2) is 0 Å². The van der Waals surface area contributed by atoms with Crippen molar-refractivity contribution in [1.29, 1.82) is 0 Å². The van der Waals surface area contributed by atoms with E-state index in [9.17, 15) is 5.11 Å². The van der Waals surface area contributed by atoms with E-state index in [-0.39, 0.29) is 12.1 Å². The molecule has 2 atom stereocenters. The van der Waals surface area contributed by atoms with Crippen LogP contribution in [-0.4, -0.2) is 31.5 Å². The second-order valence-corrected chi connectivity index (χ2v) is 2.93. The minimum absolute atomic E-state index is 0.270. The summed E-state index contributed by atoms with van der Waals surface area (Å²) in [4.78, 5) is 0. The van der Waals surface area contributed by atoms with E-state index in [1.165, 1.54) is 0 Å². The summed E-state index contributed by atoms with van der Waals surface area (Å²) in [6.07, 6.45) is 0.686. The molecule has 1 unspecified atom stereocenters. The number of nitrogens with one attached hydrogen (secondary N) is 2. The Hall–Kier alpha value is -0.120. The molecule has 0 saturated heterocycles. The first-order chi connectivity index (χ1) is 5.22. The van der Waals surface area contributed by atoms with Gasteiger partial charge in [0.1, 0.15) is 6.23 Å². The van der Waals surface area contributed by atoms with Gasteiger partial charge in [-0.25, -0.2) is 0 Å². The summed E-state index contributed by atoms with van der Waals surface area (Å²) in [7, 11) is 1.89. The Morgan fingerprint density at radius 1 is 1.45 bits per heavy atom. The van der Waals surface area contributed by atoms with Gasteiger partial charge < -0.3 is 10.4 Å². The molecule has 0 amide bonds. The van der Waals surface area contributed by atoms with Gasteiger partial charge in [-0.3, -0.25) is 5.32 Å². The van der Waals surface area contributed by atoms with Crippen molar-refractivity contribution in [1.82, 2.24) is 10.6 Å². The molecule has 3 nitrogen and oxygen atoms in total. The fourth-order valence-electron chi connectivity index (χ4n) is 0.927. The monoisotopic (exact) mass is 160 g/mol. The first-order valence-electron chi connectivity index (χ1n) is 4.28. The van der Waals surface area contributed by atoms with E-state index in [1.54, 1.807) is 0 Å². The molecular weight excluding hydrogens is 140 g/mol. The van der Waals surface area contributed by atoms with Gasteiger partial charge >= 0.3 is 0 Å². The fraction of sp³-hybridized carbons (Fsp3) is 1.00. The molecule has 0 aromatic rings. The molecule has 0 aliphatic heterocycles. The Morgan fingerprint density at radius 2 is 2.09 bits per heavy atom. The number of aliphatic hydroxyl groups excluding tert-OH is 1. The Bertz CT molecular complexity index is 88.2. The third kappa shape index (κ3) is 5.18. The molecule has 11 heavy (non-hydrogen) atoms. The van der Waals surface area contributed by atoms with Gasteiger partial charge in [0.25, 0.3) is 0 Å². The van der Waals surface area contributed by atoms with Crippen LogP contribution < -0.4 is 10.6 Å². The summed E-state index contributed by atoms with van der Waals surface area (Å²) in [6.45, 7) is 5.83. The molecule has 0 aromatic carbocycles. The van der Waals surface area contributed by atoms with Gasteiger partial charge in [0.15, 0.2) is 0 Å². The van der Waals surface area contributed by atoms with E-state index in [4.69, 9.17) is 0 Å². The van der Waals surface area contributed by atoms with E-state index in [0.29, 0.717) is 0 Å². The van der Waals surface area contributed by atoms with E-state index < -0.39 is 0 Å². The molecule has 68 valence electrons. The summed E-state index contributed by atoms with van der Waals surface area (Å²) in [5.41, 5.74) is 0. The minimum Gasteiger partial charge on any atom is -0.378 e. The molecular formula is C8H20N2O. The molecule has 3 N–H and O–H groups in total. The van der Waals surface area contributed by atoms with E-state index in [0.717, 1.165) is 19.5 Å². The molecule has 0 spiro atoms. The van der Waals surface area contributed by atoms with Crippen LogP contribution in [0.2, 0.25) is 0 Å². The Kier molecular flexibility index (Phi) is 6.51. The van der Waals surface area contributed by atoms with Crippen molar-refractivity contribution >= 4 is 0 Å². The highest BCUT2D eigenvalue weighted by atomic mass is 16.3. The largest absolute Gasteiger partial charge is 0.378 e. The standard InChI is InChI=1S/C8H20N2O/c1-4-5-10-8(11)7(2)6-9-3/h7-11H,4-6H2,1-3H3/t7?,8-/m0/s1. The lowest BCUT2D eigenvalue weighted by Crippen LogP contribution is -2.39. The molecule has 0 fully saturated rings. The van der Waals surface area contributed by atoms with Crippen LogP contribution in [0.4, 0.5) is 0 Å². The van der Waals surface area contributed by atoms with Gasteiger partial charge in [-0.2, -0.15) is 0 Å². The Balaban J connectivity index is 3.38. The van der Waals surface area contributed by atoms with Gasteiger partial charge in [0, 0.05) is 12.5 Å². The van der Waals surface area contributed by atoms with Crippen LogP contribution in [-0.2, 0) is 0 Å². The number of aliphatic hydroxyl groups is 1. The smallest absolute Gasteiger partial charge is 0.108 e. The molecule has 0 aliphatic rings. The molecule has 0 saturated carbocycles. The maximum Gasteiger partial charge on any atom is 0.108 e. The highest BCUT2D eigenvalue weighted by molar-refractivity contribution is 4.63. The normalized spacial score (nSPS) is 16.4. The number of hydrogen-bond donors (Lipinski definition) is 3. The topological polar surface area (TPSA) is 44.3 Å². The van der Waals surface area contributed by atoms with E-state index >= 15 is 0 Å². The van der Waals surface area contributed by atoms with Crippen LogP contribution in [0.1, 0.15) is 20.3 Å². The minimum atomic E-state index is -0.373. The van der Waals surface area contributed by atoms with Gasteiger partial charge in [-0.05, 0) is 20.0 Å². The summed E-state index contributed by atoms with van der Waals surface area (Å²) in [6, 6.07) is 0. The molecule has 0 rings (SSSR count). The maximum atomic E-state index is 9.43. The van der Waals surface area contributed by atoms with Crippen LogP contribution >= 0.6 is 0 Å². The van der Waals surface area contributed by atoms with E-state index in [1.807, 2.05) is 14.0 Å². The van der Waals surface area contributed by atoms with Crippen molar-refractivity contribution in [3.05, 3.63) is 0 Å². The number of rotatable bonds is 6. The quantitative estimate of drug-likeness (QED) is 0.485. The Labute approximate surface area is 69.2 Å². The van der Waals surface area contributed by atoms with Crippen LogP contribution in [0.3, 0.4) is 0 Å². The van der Waals surface area contributed by atoms with Gasteiger partial charge in [0.05, 0.1) is 0 Å². The van der Waals surface area contributed by atoms with Gasteiger partial charge in [-0.15, -0.1) is 0 Å². The lowest BCUT2D eigenvalue weighted by Gasteiger charge is -2.19. The maximum absolute atomic E-state index is 9.43. The van der Waals surface area contributed by atoms with Crippen LogP contribution in [0, 0.1) is 5.92 Å². The predicted molar refractivity (Wildman–Crippen MR) is 47.4 cm³/mol. The van der Waals surface area contributed by atoms with Gasteiger partial charge in [0.2, 0.25) is 0 Å². The number of hydrogen-bond acceptors (Lipinski definition) is 3. The highest BCUT2D eigenvalue weighted by Gasteiger charge is 2.10. The fourth-order valence-corrected chi connectivity index (χ4v) is 0.927. The summed E-state index contributed by atoms with van der Waals surface area (Å²) in [5, 5.41) is 15.5. The van der Waals surface area contributed by atoms with Crippen LogP contribution in [0.5, 0.6) is 0 Å². The SMILES string of the molecule is CCCN[C@@H](O)C(C)CNC. The molecule has 0 aromatic heterocycles. The molecule has 3 heteroatoms. The van der Waals surface area contributed by atoms with Crippen molar-refractivity contribution in [2.45, 2.75) is 26.5 Å². The zero-order valence-electron chi connectivity index (χ0n) is 7.72. The third-order valence-electron chi connectivity index (χ3n) is 1.67. The van der Waals surface area contributed by atoms with Crippen molar-refractivity contribution in [3.63, 3.8) is 0 Å². The zero-order valence-corrected chi connectivity index (χ0v) is 7.72. The first-order valence-corrected chi connectivity index (χ1v) is 4.28. The summed E-state index contributed by atoms with van der Waals surface area (Å²) < 4.78 is 0. The van der Waals surface area contributed by atoms with Gasteiger partial charge in [-0.1, -0.05) is 13.8 Å². The highest BCUT2D eigenvalue weighted by Crippen LogP contribution is 1.97. The zero-order chi connectivity index (χ0) is 8.69. The van der Waals surface area contributed by atoms with E-state index in [2.05, 4.69) is 17.6 Å². The second kappa shape index (κ2) is 6.58. The lowest BCUT2D eigenvalue weighted by molar-refractivity contribution is 0.0835. The first kappa shape index (κ1) is 10.9. The van der Waals surface area contributed by atoms with Crippen molar-refractivity contribution < 1.29 is 5.11 Å². The molecule has 0 radical (unpaired) electrons.